The molecule has 2 N–H and O–H groups in total. The number of halogens is 2. The molecule has 102 valence electrons. The van der Waals surface area contributed by atoms with E-state index in [1.54, 1.807) is 18.2 Å². The van der Waals surface area contributed by atoms with Gasteiger partial charge in [-0.05, 0) is 36.2 Å². The number of para-hydroxylation sites is 1. The third-order valence-electron chi connectivity index (χ3n) is 3.36. The topological polar surface area (TPSA) is 41.1 Å². The molecule has 20 heavy (non-hydrogen) atoms. The van der Waals surface area contributed by atoms with Crippen molar-refractivity contribution in [2.45, 2.75) is 13.1 Å². The van der Waals surface area contributed by atoms with E-state index in [4.69, 9.17) is 23.2 Å². The van der Waals surface area contributed by atoms with Crippen LogP contribution in [0.15, 0.2) is 36.4 Å². The Morgan fingerprint density at radius 2 is 1.85 bits per heavy atom. The molecule has 5 heteroatoms. The SMILES string of the molecule is Cc1cccc2c1NC(c1ccc(Cl)c(Cl)c1)NC2=O. The van der Waals surface area contributed by atoms with Crippen LogP contribution in [0.1, 0.15) is 27.7 Å². The summed E-state index contributed by atoms with van der Waals surface area (Å²) < 4.78 is 0. The van der Waals surface area contributed by atoms with Crippen LogP contribution in [0.5, 0.6) is 0 Å². The number of carbonyl (C=O) groups excluding carboxylic acids is 1. The van der Waals surface area contributed by atoms with Gasteiger partial charge in [-0.25, -0.2) is 0 Å². The van der Waals surface area contributed by atoms with Crippen LogP contribution >= 0.6 is 23.2 Å². The van der Waals surface area contributed by atoms with E-state index in [1.165, 1.54) is 0 Å². The van der Waals surface area contributed by atoms with Crippen molar-refractivity contribution in [2.24, 2.45) is 0 Å². The van der Waals surface area contributed by atoms with E-state index in [0.717, 1.165) is 16.8 Å². The van der Waals surface area contributed by atoms with Gasteiger partial charge in [-0.3, -0.25) is 4.79 Å². The number of amides is 1. The van der Waals surface area contributed by atoms with Gasteiger partial charge in [0.15, 0.2) is 0 Å². The normalized spacial score (nSPS) is 17.1. The Kier molecular flexibility index (Phi) is 3.32. The first kappa shape index (κ1) is 13.3. The minimum atomic E-state index is -0.314. The summed E-state index contributed by atoms with van der Waals surface area (Å²) in [6, 6.07) is 11.0. The zero-order chi connectivity index (χ0) is 14.3. The summed E-state index contributed by atoms with van der Waals surface area (Å²) in [5.41, 5.74) is 3.40. The van der Waals surface area contributed by atoms with Gasteiger partial charge < -0.3 is 10.6 Å². The fraction of sp³-hybridized carbons (Fsp3) is 0.133. The van der Waals surface area contributed by atoms with E-state index < -0.39 is 0 Å². The van der Waals surface area contributed by atoms with E-state index in [-0.39, 0.29) is 12.1 Å². The van der Waals surface area contributed by atoms with Gasteiger partial charge in [0.25, 0.3) is 5.91 Å². The van der Waals surface area contributed by atoms with Crippen molar-refractivity contribution >= 4 is 34.8 Å². The molecule has 1 unspecified atom stereocenters. The van der Waals surface area contributed by atoms with Crippen LogP contribution in [0, 0.1) is 6.92 Å². The molecule has 0 bridgehead atoms. The van der Waals surface area contributed by atoms with E-state index in [1.807, 2.05) is 25.1 Å². The lowest BCUT2D eigenvalue weighted by Gasteiger charge is -2.29. The summed E-state index contributed by atoms with van der Waals surface area (Å²) in [7, 11) is 0. The summed E-state index contributed by atoms with van der Waals surface area (Å²) in [5.74, 6) is -0.0986. The van der Waals surface area contributed by atoms with Crippen LogP contribution in [0.3, 0.4) is 0 Å². The number of hydrogen-bond donors (Lipinski definition) is 2. The number of carbonyl (C=O) groups is 1. The number of benzene rings is 2. The molecule has 1 atom stereocenters. The molecule has 0 saturated heterocycles. The Morgan fingerprint density at radius 1 is 1.05 bits per heavy atom. The fourth-order valence-electron chi connectivity index (χ4n) is 2.30. The molecule has 0 saturated carbocycles. The Labute approximate surface area is 126 Å². The van der Waals surface area contributed by atoms with Crippen molar-refractivity contribution in [3.8, 4) is 0 Å². The highest BCUT2D eigenvalue weighted by molar-refractivity contribution is 6.42. The second-order valence-corrected chi connectivity index (χ2v) is 5.54. The van der Waals surface area contributed by atoms with Crippen molar-refractivity contribution < 1.29 is 4.79 Å². The molecular formula is C15H12Cl2N2O. The van der Waals surface area contributed by atoms with Crippen molar-refractivity contribution in [3.05, 3.63) is 63.1 Å². The first-order valence-corrected chi connectivity index (χ1v) is 6.94. The monoisotopic (exact) mass is 306 g/mol. The van der Waals surface area contributed by atoms with Gasteiger partial charge in [0, 0.05) is 0 Å². The summed E-state index contributed by atoms with van der Waals surface area (Å²) in [5, 5.41) is 7.20. The Morgan fingerprint density at radius 3 is 2.60 bits per heavy atom. The predicted octanol–water partition coefficient (Wildman–Crippen LogP) is 4.16. The lowest BCUT2D eigenvalue weighted by molar-refractivity contribution is 0.0935. The lowest BCUT2D eigenvalue weighted by Crippen LogP contribution is -2.38. The highest BCUT2D eigenvalue weighted by Crippen LogP contribution is 2.31. The molecule has 0 fully saturated rings. The molecule has 0 aromatic heterocycles. The molecule has 0 radical (unpaired) electrons. The number of hydrogen-bond acceptors (Lipinski definition) is 2. The molecule has 1 amide bonds. The average Bonchev–Trinajstić information content (AvgIpc) is 2.43. The minimum Gasteiger partial charge on any atom is -0.361 e. The third kappa shape index (κ3) is 2.23. The molecule has 2 aromatic carbocycles. The first-order valence-electron chi connectivity index (χ1n) is 6.18. The van der Waals surface area contributed by atoms with Gasteiger partial charge >= 0.3 is 0 Å². The van der Waals surface area contributed by atoms with Crippen LogP contribution < -0.4 is 10.6 Å². The molecule has 3 nitrogen and oxygen atoms in total. The molecule has 0 aliphatic carbocycles. The quantitative estimate of drug-likeness (QED) is 0.831. The second-order valence-electron chi connectivity index (χ2n) is 4.72. The largest absolute Gasteiger partial charge is 0.361 e. The van der Waals surface area contributed by atoms with Crippen LogP contribution in [-0.2, 0) is 0 Å². The summed E-state index contributed by atoms with van der Waals surface area (Å²) in [4.78, 5) is 12.2. The molecule has 1 heterocycles. The van der Waals surface area contributed by atoms with Gasteiger partial charge in [0.1, 0.15) is 6.17 Å². The summed E-state index contributed by atoms with van der Waals surface area (Å²) in [6.45, 7) is 1.97. The Hall–Kier alpha value is -1.71. The van der Waals surface area contributed by atoms with Crippen LogP contribution in [-0.4, -0.2) is 5.91 Å². The third-order valence-corrected chi connectivity index (χ3v) is 4.10. The second kappa shape index (κ2) is 5.00. The number of aryl methyl sites for hydroxylation is 1. The van der Waals surface area contributed by atoms with E-state index in [0.29, 0.717) is 15.6 Å². The molecule has 2 aromatic rings. The molecular weight excluding hydrogens is 295 g/mol. The van der Waals surface area contributed by atoms with Crippen molar-refractivity contribution in [1.82, 2.24) is 5.32 Å². The highest BCUT2D eigenvalue weighted by atomic mass is 35.5. The van der Waals surface area contributed by atoms with E-state index >= 15 is 0 Å². The standard InChI is InChI=1S/C15H12Cl2N2O/c1-8-3-2-4-10-13(8)18-14(19-15(10)20)9-5-6-11(16)12(17)7-9/h2-7,14,18H,1H3,(H,19,20). The van der Waals surface area contributed by atoms with Crippen LogP contribution in [0.2, 0.25) is 10.0 Å². The van der Waals surface area contributed by atoms with Gasteiger partial charge in [0.05, 0.1) is 21.3 Å². The molecule has 1 aliphatic rings. The van der Waals surface area contributed by atoms with Crippen molar-refractivity contribution in [1.29, 1.82) is 0 Å². The van der Waals surface area contributed by atoms with Crippen LogP contribution in [0.4, 0.5) is 5.69 Å². The average molecular weight is 307 g/mol. The fourth-order valence-corrected chi connectivity index (χ4v) is 2.60. The first-order chi connectivity index (χ1) is 9.56. The van der Waals surface area contributed by atoms with Gasteiger partial charge in [-0.2, -0.15) is 0 Å². The number of rotatable bonds is 1. The van der Waals surface area contributed by atoms with Crippen molar-refractivity contribution in [3.63, 3.8) is 0 Å². The lowest BCUT2D eigenvalue weighted by atomic mass is 10.0. The van der Waals surface area contributed by atoms with Crippen molar-refractivity contribution in [2.75, 3.05) is 5.32 Å². The Balaban J connectivity index is 2.00. The van der Waals surface area contributed by atoms with Gasteiger partial charge in [-0.1, -0.05) is 41.4 Å². The zero-order valence-corrected chi connectivity index (χ0v) is 12.2. The van der Waals surface area contributed by atoms with Gasteiger partial charge in [-0.15, -0.1) is 0 Å². The maximum Gasteiger partial charge on any atom is 0.255 e. The maximum atomic E-state index is 12.2. The predicted molar refractivity (Wildman–Crippen MR) is 81.5 cm³/mol. The number of fused-ring (bicyclic) bond motifs is 1. The zero-order valence-electron chi connectivity index (χ0n) is 10.7. The van der Waals surface area contributed by atoms with E-state index in [2.05, 4.69) is 10.6 Å². The van der Waals surface area contributed by atoms with Gasteiger partial charge in [0.2, 0.25) is 0 Å². The maximum absolute atomic E-state index is 12.2. The highest BCUT2D eigenvalue weighted by Gasteiger charge is 2.25. The number of anilines is 1. The minimum absolute atomic E-state index is 0.0986. The molecule has 3 rings (SSSR count). The summed E-state index contributed by atoms with van der Waals surface area (Å²) in [6.07, 6.45) is -0.314. The Bertz CT molecular complexity index is 700. The number of nitrogens with one attached hydrogen (secondary N) is 2. The summed E-state index contributed by atoms with van der Waals surface area (Å²) >= 11 is 11.9. The molecule has 1 aliphatic heterocycles. The molecule has 0 spiro atoms. The van der Waals surface area contributed by atoms with Crippen LogP contribution in [0.25, 0.3) is 0 Å². The van der Waals surface area contributed by atoms with E-state index in [9.17, 15) is 4.79 Å². The smallest absolute Gasteiger partial charge is 0.255 e.